The zero-order chi connectivity index (χ0) is 46.2. The fourth-order valence-corrected chi connectivity index (χ4v) is 8.21. The van der Waals surface area contributed by atoms with Gasteiger partial charge in [-0.15, -0.1) is 0 Å². The smallest absolute Gasteiger partial charge is 0.208 e. The number of furan rings is 1. The van der Waals surface area contributed by atoms with Crippen LogP contribution in [0.25, 0.3) is 99.5 Å². The minimum atomic E-state index is -1.44. The zero-order valence-corrected chi connectivity index (χ0v) is 32.3. The standard InChI is InChI=1S/C45H27N3O17/c49-25-19(12-9-10-17-15-7-2-1-5-13(15)14-6-3-4-8-16(14)18(17)11-12)26(50)39(63)42-21(25)20-22(27(51)36(60)40(64)41(20)65-42)43-46-44(23-28(52)32(56)37(61)33(57)29(23)53)48-45(47-43)24-30(54)34(58)38(62)35(59)31(24)55/h1-11,49-64H. The molecule has 8 aromatic carbocycles. The first kappa shape index (κ1) is 39.3. The molecule has 0 atom stereocenters. The van der Waals surface area contributed by atoms with Gasteiger partial charge < -0.3 is 86.1 Å². The van der Waals surface area contributed by atoms with Gasteiger partial charge in [0.1, 0.15) is 16.9 Å². The highest BCUT2D eigenvalue weighted by Crippen LogP contribution is 2.60. The quantitative estimate of drug-likeness (QED) is 0.0472. The first-order chi connectivity index (χ1) is 30.9. The molecule has 10 rings (SSSR count). The summed E-state index contributed by atoms with van der Waals surface area (Å²) in [4.78, 5) is 12.1. The van der Waals surface area contributed by atoms with Gasteiger partial charge in [0.05, 0.1) is 21.9 Å². The Kier molecular flexibility index (Phi) is 8.05. The number of phenols is 16. The molecule has 2 aromatic heterocycles. The monoisotopic (exact) mass is 881 g/mol. The van der Waals surface area contributed by atoms with Crippen LogP contribution in [-0.4, -0.2) is 96.7 Å². The van der Waals surface area contributed by atoms with Crippen LogP contribution in [0.3, 0.4) is 0 Å². The second-order valence-corrected chi connectivity index (χ2v) is 14.7. The van der Waals surface area contributed by atoms with Crippen molar-refractivity contribution in [3.8, 4) is 137 Å². The summed E-state index contributed by atoms with van der Waals surface area (Å²) in [5.74, 6) is -24.1. The number of phenolic OH excluding ortho intramolecular Hbond substituents is 16. The molecule has 0 spiro atoms. The fourth-order valence-electron chi connectivity index (χ4n) is 8.21. The average molecular weight is 882 g/mol. The van der Waals surface area contributed by atoms with Gasteiger partial charge in [-0.3, -0.25) is 0 Å². The maximum atomic E-state index is 12.3. The largest absolute Gasteiger partial charge is 0.506 e. The topological polar surface area (TPSA) is 375 Å². The lowest BCUT2D eigenvalue weighted by Crippen LogP contribution is -2.02. The van der Waals surface area contributed by atoms with E-state index < -0.39 is 154 Å². The van der Waals surface area contributed by atoms with E-state index in [9.17, 15) is 81.7 Å². The molecule has 10 aromatic rings. The molecule has 20 nitrogen and oxygen atoms in total. The molecule has 2 heterocycles. The summed E-state index contributed by atoms with van der Waals surface area (Å²) >= 11 is 0. The van der Waals surface area contributed by atoms with E-state index in [0.717, 1.165) is 26.9 Å². The Labute approximate surface area is 358 Å². The van der Waals surface area contributed by atoms with Crippen molar-refractivity contribution in [1.29, 1.82) is 0 Å². The third-order valence-corrected chi connectivity index (χ3v) is 11.3. The number of hydrogen-bond acceptors (Lipinski definition) is 20. The van der Waals surface area contributed by atoms with Gasteiger partial charge in [0, 0.05) is 0 Å². The normalized spacial score (nSPS) is 11.8. The summed E-state index contributed by atoms with van der Waals surface area (Å²) in [5.41, 5.74) is -4.97. The van der Waals surface area contributed by atoms with E-state index >= 15 is 0 Å². The van der Waals surface area contributed by atoms with E-state index in [0.29, 0.717) is 5.39 Å². The van der Waals surface area contributed by atoms with E-state index in [-0.39, 0.29) is 5.56 Å². The van der Waals surface area contributed by atoms with Crippen LogP contribution in [-0.2, 0) is 0 Å². The lowest BCUT2D eigenvalue weighted by atomic mass is 9.91. The number of aromatic nitrogens is 3. The highest BCUT2D eigenvalue weighted by atomic mass is 16.4. The molecule has 0 saturated carbocycles. The summed E-state index contributed by atoms with van der Waals surface area (Å²) in [6.07, 6.45) is 0. The minimum Gasteiger partial charge on any atom is -0.506 e. The first-order valence-corrected chi connectivity index (χ1v) is 18.7. The van der Waals surface area contributed by atoms with Crippen molar-refractivity contribution in [3.63, 3.8) is 0 Å². The van der Waals surface area contributed by atoms with Crippen LogP contribution in [0.5, 0.6) is 92.0 Å². The Balaban J connectivity index is 1.33. The maximum absolute atomic E-state index is 12.3. The van der Waals surface area contributed by atoms with Crippen molar-refractivity contribution in [2.45, 2.75) is 0 Å². The molecule has 16 N–H and O–H groups in total. The van der Waals surface area contributed by atoms with Crippen molar-refractivity contribution >= 4 is 54.3 Å². The summed E-state index contributed by atoms with van der Waals surface area (Å²) in [6.45, 7) is 0. The molecule has 65 heavy (non-hydrogen) atoms. The second-order valence-electron chi connectivity index (χ2n) is 14.7. The van der Waals surface area contributed by atoms with Gasteiger partial charge in [-0.1, -0.05) is 60.7 Å². The summed E-state index contributed by atoms with van der Waals surface area (Å²) in [5, 5.41) is 178. The Morgan fingerprint density at radius 1 is 0.277 bits per heavy atom. The zero-order valence-electron chi connectivity index (χ0n) is 32.3. The van der Waals surface area contributed by atoms with Gasteiger partial charge in [0.25, 0.3) is 0 Å². The van der Waals surface area contributed by atoms with Crippen molar-refractivity contribution in [2.24, 2.45) is 0 Å². The van der Waals surface area contributed by atoms with Crippen LogP contribution in [0.2, 0.25) is 0 Å². The van der Waals surface area contributed by atoms with Gasteiger partial charge >= 0.3 is 0 Å². The third kappa shape index (κ3) is 5.15. The van der Waals surface area contributed by atoms with Crippen molar-refractivity contribution < 1.29 is 86.1 Å². The van der Waals surface area contributed by atoms with E-state index in [1.165, 1.54) is 0 Å². The van der Waals surface area contributed by atoms with E-state index in [1.54, 1.807) is 18.2 Å². The molecule has 324 valence electrons. The lowest BCUT2D eigenvalue weighted by molar-refractivity contribution is 0.329. The SMILES string of the molecule is Oc1c(O)c(O)c(-c2nc(-c3c(O)c(O)c(O)c(O)c3O)nc(-c3c(O)c(O)c(O)c4oc5c(O)c(O)c(-c6ccc7c8ccccc8c8ccccc8c7c6)c(O)c5c34)n2)c(O)c1O. The Bertz CT molecular complexity index is 3630. The van der Waals surface area contributed by atoms with E-state index in [1.807, 2.05) is 48.5 Å². The van der Waals surface area contributed by atoms with Crippen molar-refractivity contribution in [3.05, 3.63) is 66.7 Å². The fraction of sp³-hybridized carbons (Fsp3) is 0. The molecule has 0 saturated heterocycles. The third-order valence-electron chi connectivity index (χ3n) is 11.3. The number of benzene rings is 8. The Hall–Kier alpha value is -9.85. The van der Waals surface area contributed by atoms with E-state index in [2.05, 4.69) is 15.0 Å². The maximum Gasteiger partial charge on any atom is 0.208 e. The molecule has 0 aliphatic rings. The van der Waals surface area contributed by atoms with Gasteiger partial charge in [0.15, 0.2) is 63.1 Å². The second kappa shape index (κ2) is 13.3. The summed E-state index contributed by atoms with van der Waals surface area (Å²) in [7, 11) is 0. The number of aromatic hydroxyl groups is 16. The van der Waals surface area contributed by atoms with Crippen LogP contribution < -0.4 is 0 Å². The van der Waals surface area contributed by atoms with Crippen LogP contribution in [0.1, 0.15) is 0 Å². The summed E-state index contributed by atoms with van der Waals surface area (Å²) < 4.78 is 5.73. The number of rotatable bonds is 4. The van der Waals surface area contributed by atoms with Crippen LogP contribution >= 0.6 is 0 Å². The predicted molar refractivity (Wildman–Crippen MR) is 228 cm³/mol. The molecule has 0 unspecified atom stereocenters. The van der Waals surface area contributed by atoms with Gasteiger partial charge in [-0.25, -0.2) is 15.0 Å². The lowest BCUT2D eigenvalue weighted by Gasteiger charge is -2.16. The predicted octanol–water partition coefficient (Wildman–Crippen LogP) is 7.19. The Morgan fingerprint density at radius 2 is 0.600 bits per heavy atom. The van der Waals surface area contributed by atoms with Crippen LogP contribution in [0.15, 0.2) is 71.1 Å². The van der Waals surface area contributed by atoms with Crippen molar-refractivity contribution in [2.75, 3.05) is 0 Å². The number of hydrogen-bond donors (Lipinski definition) is 16. The van der Waals surface area contributed by atoms with Gasteiger partial charge in [-0.05, 0) is 43.9 Å². The highest BCUT2D eigenvalue weighted by Gasteiger charge is 2.35. The van der Waals surface area contributed by atoms with Crippen molar-refractivity contribution in [1.82, 2.24) is 15.0 Å². The van der Waals surface area contributed by atoms with E-state index in [4.69, 9.17) is 4.42 Å². The molecule has 0 aliphatic heterocycles. The summed E-state index contributed by atoms with van der Waals surface area (Å²) in [6, 6.07) is 20.1. The molecular formula is C45H27N3O17. The van der Waals surface area contributed by atoms with Gasteiger partial charge in [-0.2, -0.15) is 0 Å². The highest BCUT2D eigenvalue weighted by molar-refractivity contribution is 6.26. The molecule has 0 bridgehead atoms. The van der Waals surface area contributed by atoms with Crippen LogP contribution in [0, 0.1) is 0 Å². The molecule has 0 amide bonds. The van der Waals surface area contributed by atoms with Crippen LogP contribution in [0.4, 0.5) is 0 Å². The number of fused-ring (bicyclic) bond motifs is 9. The molecule has 0 aliphatic carbocycles. The molecule has 0 fully saturated rings. The average Bonchev–Trinajstić information content (AvgIpc) is 3.71. The minimum absolute atomic E-state index is 0.119. The Morgan fingerprint density at radius 3 is 1.06 bits per heavy atom. The number of nitrogens with zero attached hydrogens (tertiary/aromatic N) is 3. The molecule has 0 radical (unpaired) electrons. The molecule has 20 heteroatoms. The molecular weight excluding hydrogens is 854 g/mol. The first-order valence-electron chi connectivity index (χ1n) is 18.7. The van der Waals surface area contributed by atoms with Gasteiger partial charge in [0.2, 0.25) is 51.7 Å².